The fourth-order valence-corrected chi connectivity index (χ4v) is 0.176. The first-order valence-electron chi connectivity index (χ1n) is 3.24. The molecule has 0 saturated carbocycles. The van der Waals surface area contributed by atoms with Crippen LogP contribution in [0.5, 0.6) is 0 Å². The highest BCUT2D eigenvalue weighted by molar-refractivity contribution is 5.78. The van der Waals surface area contributed by atoms with Gasteiger partial charge in [0.2, 0.25) is 0 Å². The second kappa shape index (κ2) is 9.42. The van der Waals surface area contributed by atoms with Gasteiger partial charge in [0.15, 0.2) is 0 Å². The van der Waals surface area contributed by atoms with Gasteiger partial charge in [0.1, 0.15) is 0 Å². The maximum atomic E-state index is 10.1. The smallest absolute Gasteiger partial charge is 0.327 e. The van der Waals surface area contributed by atoms with E-state index in [4.69, 9.17) is 5.11 Å². The Morgan fingerprint density at radius 1 is 1.50 bits per heavy atom. The molecule has 4 heteroatoms. The van der Waals surface area contributed by atoms with Crippen molar-refractivity contribution in [2.24, 2.45) is 0 Å². The molecular formula is C8H12O4. The van der Waals surface area contributed by atoms with Gasteiger partial charge >= 0.3 is 11.9 Å². The van der Waals surface area contributed by atoms with Crippen LogP contribution in [0.15, 0.2) is 25.5 Å². The van der Waals surface area contributed by atoms with Crippen LogP contribution < -0.4 is 0 Å². The first-order valence-corrected chi connectivity index (χ1v) is 3.24. The van der Waals surface area contributed by atoms with Crippen LogP contribution in [0.2, 0.25) is 0 Å². The molecule has 0 saturated heterocycles. The quantitative estimate of drug-likeness (QED) is 0.396. The second-order valence-electron chi connectivity index (χ2n) is 1.55. The maximum absolute atomic E-state index is 10.1. The average Bonchev–Trinajstić information content (AvgIpc) is 2.06. The second-order valence-corrected chi connectivity index (χ2v) is 1.55. The fourth-order valence-electron chi connectivity index (χ4n) is 0.176. The third kappa shape index (κ3) is 15.8. The van der Waals surface area contributed by atoms with E-state index in [1.807, 2.05) is 0 Å². The van der Waals surface area contributed by atoms with E-state index in [0.717, 1.165) is 12.3 Å². The van der Waals surface area contributed by atoms with Crippen molar-refractivity contribution in [2.75, 3.05) is 0 Å². The number of rotatable bonds is 3. The number of esters is 1. The Labute approximate surface area is 71.2 Å². The summed E-state index contributed by atoms with van der Waals surface area (Å²) < 4.78 is 4.32. The molecule has 4 nitrogen and oxygen atoms in total. The van der Waals surface area contributed by atoms with Crippen LogP contribution in [-0.2, 0) is 14.3 Å². The first kappa shape index (κ1) is 13.0. The standard InChI is InChI=1S/C5H8O2.C3H4O2/c1-3-5(6)7-4-2;1-2-3(4)5/h4H,2-3H2,1H3;2H,1H2,(H,4,5). The van der Waals surface area contributed by atoms with E-state index in [1.54, 1.807) is 6.92 Å². The number of aliphatic carboxylic acids is 1. The number of carboxylic acid groups (broad SMARTS) is 1. The minimum Gasteiger partial charge on any atom is -0.478 e. The lowest BCUT2D eigenvalue weighted by molar-refractivity contribution is -0.137. The summed E-state index contributed by atoms with van der Waals surface area (Å²) in [6.45, 7) is 7.89. The topological polar surface area (TPSA) is 63.6 Å². The number of ether oxygens (including phenoxy) is 1. The van der Waals surface area contributed by atoms with Crippen molar-refractivity contribution in [3.8, 4) is 0 Å². The van der Waals surface area contributed by atoms with Gasteiger partial charge in [-0.05, 0) is 0 Å². The van der Waals surface area contributed by atoms with Crippen molar-refractivity contribution < 1.29 is 19.4 Å². The predicted molar refractivity (Wildman–Crippen MR) is 44.4 cm³/mol. The zero-order chi connectivity index (χ0) is 9.98. The van der Waals surface area contributed by atoms with Crippen LogP contribution >= 0.6 is 0 Å². The first-order chi connectivity index (χ1) is 5.58. The SMILES string of the molecule is C=CC(=O)O.C=COC(=O)CC. The molecule has 0 bridgehead atoms. The Kier molecular flexibility index (Phi) is 10.2. The van der Waals surface area contributed by atoms with Gasteiger partial charge in [0, 0.05) is 12.5 Å². The number of hydrogen-bond donors (Lipinski definition) is 1. The lowest BCUT2D eigenvalue weighted by Gasteiger charge is -1.88. The predicted octanol–water partition coefficient (Wildman–Crippen LogP) is 1.34. The van der Waals surface area contributed by atoms with Crippen molar-refractivity contribution in [3.05, 3.63) is 25.5 Å². The van der Waals surface area contributed by atoms with Crippen LogP contribution in [-0.4, -0.2) is 17.0 Å². The van der Waals surface area contributed by atoms with Gasteiger partial charge < -0.3 is 9.84 Å². The maximum Gasteiger partial charge on any atom is 0.327 e. The summed E-state index contributed by atoms with van der Waals surface area (Å²) in [6.07, 6.45) is 2.37. The molecule has 0 fully saturated rings. The molecule has 0 rings (SSSR count). The van der Waals surface area contributed by atoms with Crippen molar-refractivity contribution in [1.82, 2.24) is 0 Å². The molecular weight excluding hydrogens is 160 g/mol. The Balaban J connectivity index is 0. The highest BCUT2D eigenvalue weighted by Gasteiger charge is 1.89. The minimum atomic E-state index is -0.981. The van der Waals surface area contributed by atoms with E-state index in [0.29, 0.717) is 6.42 Å². The van der Waals surface area contributed by atoms with Gasteiger partial charge in [0.05, 0.1) is 6.26 Å². The fraction of sp³-hybridized carbons (Fsp3) is 0.250. The van der Waals surface area contributed by atoms with Gasteiger partial charge in [-0.3, -0.25) is 4.79 Å². The van der Waals surface area contributed by atoms with E-state index >= 15 is 0 Å². The van der Waals surface area contributed by atoms with Crippen molar-refractivity contribution in [1.29, 1.82) is 0 Å². The third-order valence-corrected chi connectivity index (χ3v) is 0.678. The summed E-state index contributed by atoms with van der Waals surface area (Å²) in [5.41, 5.74) is 0. The third-order valence-electron chi connectivity index (χ3n) is 0.678. The lowest BCUT2D eigenvalue weighted by Crippen LogP contribution is -1.94. The monoisotopic (exact) mass is 172 g/mol. The Morgan fingerprint density at radius 2 is 1.92 bits per heavy atom. The molecule has 0 amide bonds. The molecule has 0 aliphatic rings. The van der Waals surface area contributed by atoms with E-state index in [9.17, 15) is 9.59 Å². The highest BCUT2D eigenvalue weighted by Crippen LogP contribution is 1.81. The minimum absolute atomic E-state index is 0.241. The number of carboxylic acids is 1. The summed E-state index contributed by atoms with van der Waals surface area (Å²) in [6, 6.07) is 0. The van der Waals surface area contributed by atoms with E-state index in [1.165, 1.54) is 0 Å². The summed E-state index contributed by atoms with van der Waals surface area (Å²) in [4.78, 5) is 19.4. The number of hydrogen-bond acceptors (Lipinski definition) is 3. The molecule has 68 valence electrons. The zero-order valence-electron chi connectivity index (χ0n) is 6.95. The van der Waals surface area contributed by atoms with Crippen molar-refractivity contribution in [2.45, 2.75) is 13.3 Å². The molecule has 0 aliphatic heterocycles. The molecule has 0 aromatic heterocycles. The molecule has 0 aromatic carbocycles. The molecule has 0 heterocycles. The van der Waals surface area contributed by atoms with E-state index in [-0.39, 0.29) is 5.97 Å². The number of carbonyl (C=O) groups is 2. The van der Waals surface area contributed by atoms with Crippen molar-refractivity contribution >= 4 is 11.9 Å². The summed E-state index contributed by atoms with van der Waals surface area (Å²) in [5, 5.41) is 7.60. The molecule has 0 aliphatic carbocycles. The summed E-state index contributed by atoms with van der Waals surface area (Å²) in [7, 11) is 0. The van der Waals surface area contributed by atoms with Gasteiger partial charge in [-0.15, -0.1) is 0 Å². The van der Waals surface area contributed by atoms with Gasteiger partial charge in [-0.1, -0.05) is 20.1 Å². The summed E-state index contributed by atoms with van der Waals surface area (Å²) in [5.74, 6) is -1.22. The molecule has 0 unspecified atom stereocenters. The van der Waals surface area contributed by atoms with Crippen LogP contribution in [0.3, 0.4) is 0 Å². The molecule has 12 heavy (non-hydrogen) atoms. The van der Waals surface area contributed by atoms with Crippen LogP contribution in [0.1, 0.15) is 13.3 Å². The van der Waals surface area contributed by atoms with Crippen molar-refractivity contribution in [3.63, 3.8) is 0 Å². The average molecular weight is 172 g/mol. The van der Waals surface area contributed by atoms with Gasteiger partial charge in [0.25, 0.3) is 0 Å². The molecule has 0 radical (unpaired) electrons. The molecule has 0 atom stereocenters. The zero-order valence-corrected chi connectivity index (χ0v) is 6.95. The van der Waals surface area contributed by atoms with Gasteiger partial charge in [-0.25, -0.2) is 4.79 Å². The van der Waals surface area contributed by atoms with Crippen LogP contribution in [0, 0.1) is 0 Å². The number of carbonyl (C=O) groups excluding carboxylic acids is 1. The Hall–Kier alpha value is -1.58. The largest absolute Gasteiger partial charge is 0.478 e. The van der Waals surface area contributed by atoms with Gasteiger partial charge in [-0.2, -0.15) is 0 Å². The molecule has 0 spiro atoms. The Morgan fingerprint density at radius 3 is 2.00 bits per heavy atom. The molecule has 0 aromatic rings. The van der Waals surface area contributed by atoms with E-state index < -0.39 is 5.97 Å². The normalized spacial score (nSPS) is 7.08. The van der Waals surface area contributed by atoms with Crippen LogP contribution in [0.25, 0.3) is 0 Å². The molecule has 1 N–H and O–H groups in total. The van der Waals surface area contributed by atoms with Crippen LogP contribution in [0.4, 0.5) is 0 Å². The lowest BCUT2D eigenvalue weighted by atomic mass is 10.5. The summed E-state index contributed by atoms with van der Waals surface area (Å²) >= 11 is 0. The Bertz CT molecular complexity index is 172. The van der Waals surface area contributed by atoms with E-state index in [2.05, 4.69) is 17.9 Å². The highest BCUT2D eigenvalue weighted by atomic mass is 16.5.